The molecule has 242 valence electrons. The SMILES string of the molecule is O=C(CC(CC(=O)c1ccc(Oc2ccccc2)cc1)CC(=O)c1ccc(Oc2ccccc2)cc1)c1ccc(Oc2ccccc2)cc1. The van der Waals surface area contributed by atoms with Crippen LogP contribution < -0.4 is 14.2 Å². The number of rotatable bonds is 15. The Balaban J connectivity index is 1.14. The Labute approximate surface area is 285 Å². The molecule has 0 spiro atoms. The fourth-order valence-electron chi connectivity index (χ4n) is 5.36. The highest BCUT2D eigenvalue weighted by Crippen LogP contribution is 2.28. The van der Waals surface area contributed by atoms with Crippen LogP contribution in [0.4, 0.5) is 0 Å². The molecule has 0 radical (unpaired) electrons. The van der Waals surface area contributed by atoms with Gasteiger partial charge in [-0.15, -0.1) is 0 Å². The lowest BCUT2D eigenvalue weighted by Crippen LogP contribution is -2.17. The van der Waals surface area contributed by atoms with Crippen LogP contribution in [0.2, 0.25) is 0 Å². The third-order valence-corrected chi connectivity index (χ3v) is 7.89. The van der Waals surface area contributed by atoms with Crippen molar-refractivity contribution in [2.75, 3.05) is 0 Å². The van der Waals surface area contributed by atoms with Crippen LogP contribution in [0.25, 0.3) is 0 Å². The molecule has 6 nitrogen and oxygen atoms in total. The number of para-hydroxylation sites is 3. The van der Waals surface area contributed by atoms with E-state index in [-0.39, 0.29) is 36.6 Å². The molecule has 49 heavy (non-hydrogen) atoms. The number of ketones is 3. The average Bonchev–Trinajstić information content (AvgIpc) is 3.14. The zero-order chi connectivity index (χ0) is 33.8. The molecule has 0 saturated heterocycles. The molecule has 0 aliphatic rings. The second-order valence-corrected chi connectivity index (χ2v) is 11.6. The fraction of sp³-hybridized carbons (Fsp3) is 0.0930. The number of carbonyl (C=O) groups is 3. The standard InChI is InChI=1S/C43H34O6/c44-41(32-16-22-38(23-17-32)47-35-10-4-1-5-11-35)28-31(29-42(45)33-18-24-39(25-19-33)48-36-12-6-2-7-13-36)30-43(46)34-20-26-40(27-21-34)49-37-14-8-3-9-15-37/h1-27,31H,28-30H2. The Morgan fingerprint density at radius 1 is 0.327 bits per heavy atom. The third-order valence-electron chi connectivity index (χ3n) is 7.89. The van der Waals surface area contributed by atoms with E-state index in [2.05, 4.69) is 0 Å². The predicted molar refractivity (Wildman–Crippen MR) is 189 cm³/mol. The lowest BCUT2D eigenvalue weighted by molar-refractivity contribution is 0.0885. The molecule has 6 heteroatoms. The van der Waals surface area contributed by atoms with Crippen LogP contribution in [0, 0.1) is 5.92 Å². The van der Waals surface area contributed by atoms with Crippen LogP contribution in [0.5, 0.6) is 34.5 Å². The van der Waals surface area contributed by atoms with Gasteiger partial charge in [-0.2, -0.15) is 0 Å². The van der Waals surface area contributed by atoms with E-state index in [9.17, 15) is 14.4 Å². The van der Waals surface area contributed by atoms with Gasteiger partial charge in [-0.25, -0.2) is 0 Å². The van der Waals surface area contributed by atoms with Gasteiger partial charge in [-0.1, -0.05) is 54.6 Å². The molecule has 0 bridgehead atoms. The predicted octanol–water partition coefficient (Wildman–Crippen LogP) is 10.8. The molecule has 0 aliphatic heterocycles. The maximum atomic E-state index is 13.5. The van der Waals surface area contributed by atoms with Crippen molar-refractivity contribution in [3.8, 4) is 34.5 Å². The summed E-state index contributed by atoms with van der Waals surface area (Å²) in [6.45, 7) is 0. The van der Waals surface area contributed by atoms with Crippen molar-refractivity contribution in [1.29, 1.82) is 0 Å². The number of benzene rings is 6. The monoisotopic (exact) mass is 646 g/mol. The van der Waals surface area contributed by atoms with Gasteiger partial charge in [-0.05, 0) is 115 Å². The normalized spacial score (nSPS) is 10.7. The molecular weight excluding hydrogens is 612 g/mol. The van der Waals surface area contributed by atoms with Crippen molar-refractivity contribution in [2.24, 2.45) is 5.92 Å². The zero-order valence-electron chi connectivity index (χ0n) is 26.7. The first-order valence-electron chi connectivity index (χ1n) is 16.1. The van der Waals surface area contributed by atoms with Crippen molar-refractivity contribution < 1.29 is 28.6 Å². The summed E-state index contributed by atoms with van der Waals surface area (Å²) in [5.41, 5.74) is 1.44. The first-order valence-corrected chi connectivity index (χ1v) is 16.1. The van der Waals surface area contributed by atoms with Gasteiger partial charge in [-0.3, -0.25) is 14.4 Å². The minimum absolute atomic E-state index is 0.0285. The summed E-state index contributed by atoms with van der Waals surface area (Å²) < 4.78 is 17.6. The van der Waals surface area contributed by atoms with E-state index in [1.54, 1.807) is 72.8 Å². The van der Waals surface area contributed by atoms with Crippen LogP contribution in [-0.4, -0.2) is 17.3 Å². The van der Waals surface area contributed by atoms with Crippen LogP contribution in [0.15, 0.2) is 164 Å². The van der Waals surface area contributed by atoms with E-state index in [1.165, 1.54) is 0 Å². The summed E-state index contributed by atoms with van der Waals surface area (Å²) in [4.78, 5) is 40.5. The molecule has 0 atom stereocenters. The molecule has 0 unspecified atom stereocenters. The maximum absolute atomic E-state index is 13.5. The summed E-state index contributed by atoms with van der Waals surface area (Å²) in [5.74, 6) is 2.89. The number of hydrogen-bond donors (Lipinski definition) is 0. The molecule has 0 aromatic heterocycles. The van der Waals surface area contributed by atoms with Crippen molar-refractivity contribution in [3.05, 3.63) is 180 Å². The average molecular weight is 647 g/mol. The molecule has 6 aromatic carbocycles. The topological polar surface area (TPSA) is 78.9 Å². The molecule has 0 N–H and O–H groups in total. The van der Waals surface area contributed by atoms with Gasteiger partial charge in [0.15, 0.2) is 17.3 Å². The van der Waals surface area contributed by atoms with E-state index >= 15 is 0 Å². The first kappa shape index (κ1) is 32.7. The highest BCUT2D eigenvalue weighted by molar-refractivity contribution is 6.01. The second-order valence-electron chi connectivity index (χ2n) is 11.6. The van der Waals surface area contributed by atoms with Crippen LogP contribution in [0.3, 0.4) is 0 Å². The van der Waals surface area contributed by atoms with Gasteiger partial charge in [0.25, 0.3) is 0 Å². The second kappa shape index (κ2) is 16.0. The smallest absolute Gasteiger partial charge is 0.163 e. The molecule has 0 heterocycles. The van der Waals surface area contributed by atoms with Crippen LogP contribution in [0.1, 0.15) is 50.3 Å². The number of Topliss-reactive ketones (excluding diaryl/α,β-unsaturated/α-hetero) is 3. The summed E-state index contributed by atoms with van der Waals surface area (Å²) in [6.07, 6.45) is 0.0856. The maximum Gasteiger partial charge on any atom is 0.163 e. The van der Waals surface area contributed by atoms with Crippen molar-refractivity contribution in [1.82, 2.24) is 0 Å². The van der Waals surface area contributed by atoms with Crippen LogP contribution >= 0.6 is 0 Å². The van der Waals surface area contributed by atoms with Gasteiger partial charge in [0, 0.05) is 36.0 Å². The highest BCUT2D eigenvalue weighted by Gasteiger charge is 2.23. The largest absolute Gasteiger partial charge is 0.457 e. The molecule has 0 aliphatic carbocycles. The number of carbonyl (C=O) groups excluding carboxylic acids is 3. The van der Waals surface area contributed by atoms with E-state index in [0.29, 0.717) is 51.2 Å². The molecule has 0 amide bonds. The Morgan fingerprint density at radius 3 is 0.796 bits per heavy atom. The Hall–Kier alpha value is -6.27. The van der Waals surface area contributed by atoms with Crippen LogP contribution in [-0.2, 0) is 0 Å². The lowest BCUT2D eigenvalue weighted by atomic mass is 9.86. The van der Waals surface area contributed by atoms with Gasteiger partial charge < -0.3 is 14.2 Å². The molecule has 0 fully saturated rings. The van der Waals surface area contributed by atoms with E-state index < -0.39 is 5.92 Å². The summed E-state index contributed by atoms with van der Waals surface area (Å²) in [5, 5.41) is 0. The highest BCUT2D eigenvalue weighted by atomic mass is 16.5. The first-order chi connectivity index (χ1) is 24.0. The summed E-state index contributed by atoms with van der Waals surface area (Å²) >= 11 is 0. The van der Waals surface area contributed by atoms with Gasteiger partial charge in [0.05, 0.1) is 0 Å². The van der Waals surface area contributed by atoms with E-state index in [4.69, 9.17) is 14.2 Å². The molecule has 6 aromatic rings. The molecule has 0 saturated carbocycles. The van der Waals surface area contributed by atoms with Crippen molar-refractivity contribution in [3.63, 3.8) is 0 Å². The van der Waals surface area contributed by atoms with Gasteiger partial charge in [0.1, 0.15) is 34.5 Å². The Bertz CT molecular complexity index is 1740. The minimum Gasteiger partial charge on any atom is -0.457 e. The zero-order valence-corrected chi connectivity index (χ0v) is 26.7. The number of ether oxygens (including phenoxy) is 3. The van der Waals surface area contributed by atoms with E-state index in [0.717, 1.165) is 0 Å². The number of hydrogen-bond acceptors (Lipinski definition) is 6. The van der Waals surface area contributed by atoms with Crippen molar-refractivity contribution in [2.45, 2.75) is 19.3 Å². The minimum atomic E-state index is -0.520. The lowest BCUT2D eigenvalue weighted by Gasteiger charge is -2.16. The Morgan fingerprint density at radius 2 is 0.551 bits per heavy atom. The Kier molecular flexibility index (Phi) is 10.7. The summed E-state index contributed by atoms with van der Waals surface area (Å²) in [6, 6.07) is 48.8. The molecular formula is C43H34O6. The van der Waals surface area contributed by atoms with Gasteiger partial charge in [0.2, 0.25) is 0 Å². The van der Waals surface area contributed by atoms with Gasteiger partial charge >= 0.3 is 0 Å². The summed E-state index contributed by atoms with van der Waals surface area (Å²) in [7, 11) is 0. The molecule has 6 rings (SSSR count). The van der Waals surface area contributed by atoms with Crippen molar-refractivity contribution >= 4 is 17.3 Å². The fourth-order valence-corrected chi connectivity index (χ4v) is 5.36. The third kappa shape index (κ3) is 9.40. The van der Waals surface area contributed by atoms with E-state index in [1.807, 2.05) is 91.0 Å². The quantitative estimate of drug-likeness (QED) is 0.103.